The van der Waals surface area contributed by atoms with Gasteiger partial charge in [-0.15, -0.1) is 6.58 Å². The van der Waals surface area contributed by atoms with Crippen LogP contribution in [0.3, 0.4) is 0 Å². The summed E-state index contributed by atoms with van der Waals surface area (Å²) < 4.78 is 0. The Bertz CT molecular complexity index is 175. The van der Waals surface area contributed by atoms with Crippen molar-refractivity contribution < 1.29 is 0 Å². The third-order valence-electron chi connectivity index (χ3n) is 2.93. The zero-order valence-electron chi connectivity index (χ0n) is 9.14. The molecule has 0 aliphatic carbocycles. The van der Waals surface area contributed by atoms with Crippen LogP contribution in [-0.4, -0.2) is 36.1 Å². The van der Waals surface area contributed by atoms with Crippen molar-refractivity contribution in [3.05, 3.63) is 12.7 Å². The lowest BCUT2D eigenvalue weighted by Gasteiger charge is -2.36. The van der Waals surface area contributed by atoms with E-state index in [1.807, 2.05) is 6.08 Å². The molecule has 1 atom stereocenters. The molecule has 76 valence electrons. The van der Waals surface area contributed by atoms with Gasteiger partial charge in [0.15, 0.2) is 0 Å². The first-order chi connectivity index (χ1) is 6.06. The minimum absolute atomic E-state index is 0.311. The fourth-order valence-corrected chi connectivity index (χ4v) is 1.90. The highest BCUT2D eigenvalue weighted by molar-refractivity contribution is 4.91. The van der Waals surface area contributed by atoms with Crippen LogP contribution in [0.5, 0.6) is 0 Å². The lowest BCUT2D eigenvalue weighted by molar-refractivity contribution is 0.137. The van der Waals surface area contributed by atoms with E-state index >= 15 is 0 Å². The van der Waals surface area contributed by atoms with E-state index in [4.69, 9.17) is 0 Å². The highest BCUT2D eigenvalue weighted by Crippen LogP contribution is 2.20. The van der Waals surface area contributed by atoms with Gasteiger partial charge in [0.1, 0.15) is 0 Å². The number of hydrogen-bond donors (Lipinski definition) is 1. The van der Waals surface area contributed by atoms with Crippen molar-refractivity contribution in [3.63, 3.8) is 0 Å². The van der Waals surface area contributed by atoms with E-state index < -0.39 is 0 Å². The first-order valence-electron chi connectivity index (χ1n) is 5.15. The van der Waals surface area contributed by atoms with Gasteiger partial charge < -0.3 is 5.32 Å². The van der Waals surface area contributed by atoms with Crippen LogP contribution in [0, 0.1) is 0 Å². The molecule has 1 aliphatic rings. The second-order valence-corrected chi connectivity index (χ2v) is 4.61. The normalized spacial score (nSPS) is 29.6. The quantitative estimate of drug-likeness (QED) is 0.653. The van der Waals surface area contributed by atoms with Crippen molar-refractivity contribution in [2.24, 2.45) is 0 Å². The molecule has 0 amide bonds. The van der Waals surface area contributed by atoms with Crippen molar-refractivity contribution in [1.29, 1.82) is 0 Å². The molecular weight excluding hydrogens is 160 g/mol. The molecule has 0 aromatic heterocycles. The molecule has 1 rings (SSSR count). The summed E-state index contributed by atoms with van der Waals surface area (Å²) in [5.41, 5.74) is 0.311. The van der Waals surface area contributed by atoms with Crippen molar-refractivity contribution in [1.82, 2.24) is 10.2 Å². The van der Waals surface area contributed by atoms with Crippen molar-refractivity contribution >= 4 is 0 Å². The topological polar surface area (TPSA) is 15.3 Å². The molecule has 0 bridgehead atoms. The number of nitrogens with zero attached hydrogens (tertiary/aromatic N) is 1. The first kappa shape index (κ1) is 10.7. The van der Waals surface area contributed by atoms with E-state index in [-0.39, 0.29) is 0 Å². The predicted octanol–water partition coefficient (Wildman–Crippen LogP) is 1.63. The molecular formula is C11H22N2. The highest BCUT2D eigenvalue weighted by Gasteiger charge is 2.29. The van der Waals surface area contributed by atoms with Crippen LogP contribution < -0.4 is 5.32 Å². The lowest BCUT2D eigenvalue weighted by atomic mass is 9.98. The summed E-state index contributed by atoms with van der Waals surface area (Å²) in [7, 11) is 0. The van der Waals surface area contributed by atoms with Gasteiger partial charge in [-0.3, -0.25) is 4.90 Å². The second kappa shape index (κ2) is 4.25. The molecule has 0 spiro atoms. The van der Waals surface area contributed by atoms with Gasteiger partial charge in [0.05, 0.1) is 0 Å². The van der Waals surface area contributed by atoms with E-state index in [2.05, 4.69) is 37.6 Å². The molecule has 1 N–H and O–H groups in total. The molecule has 1 aliphatic heterocycles. The standard InChI is InChI=1S/C11H22N2/c1-5-8-13-9-10(2)12-7-6-11(13,3)4/h5,10,12H,1,6-9H2,2-4H3. The molecule has 1 heterocycles. The molecule has 13 heavy (non-hydrogen) atoms. The predicted molar refractivity (Wildman–Crippen MR) is 57.9 cm³/mol. The van der Waals surface area contributed by atoms with E-state index in [0.29, 0.717) is 11.6 Å². The molecule has 1 unspecified atom stereocenters. The summed E-state index contributed by atoms with van der Waals surface area (Å²) in [6.07, 6.45) is 3.21. The van der Waals surface area contributed by atoms with Crippen molar-refractivity contribution in [2.45, 2.75) is 38.8 Å². The molecule has 0 aromatic carbocycles. The third kappa shape index (κ3) is 2.82. The summed E-state index contributed by atoms with van der Waals surface area (Å²) in [6, 6.07) is 0.599. The van der Waals surface area contributed by atoms with Crippen LogP contribution in [0.2, 0.25) is 0 Å². The number of hydrogen-bond acceptors (Lipinski definition) is 2. The third-order valence-corrected chi connectivity index (χ3v) is 2.93. The Hall–Kier alpha value is -0.340. The smallest absolute Gasteiger partial charge is 0.0169 e. The summed E-state index contributed by atoms with van der Waals surface area (Å²) >= 11 is 0. The Balaban J connectivity index is 2.66. The molecule has 1 fully saturated rings. The van der Waals surface area contributed by atoms with E-state index in [1.54, 1.807) is 0 Å². The van der Waals surface area contributed by atoms with Gasteiger partial charge in [0.2, 0.25) is 0 Å². The Morgan fingerprint density at radius 1 is 1.62 bits per heavy atom. The fraction of sp³-hybridized carbons (Fsp3) is 0.818. The summed E-state index contributed by atoms with van der Waals surface area (Å²) in [5, 5.41) is 3.51. The number of rotatable bonds is 2. The Morgan fingerprint density at radius 2 is 2.31 bits per heavy atom. The van der Waals surface area contributed by atoms with Gasteiger partial charge in [-0.25, -0.2) is 0 Å². The first-order valence-corrected chi connectivity index (χ1v) is 5.15. The van der Waals surface area contributed by atoms with Gasteiger partial charge in [0, 0.05) is 24.7 Å². The molecule has 1 saturated heterocycles. The number of nitrogens with one attached hydrogen (secondary N) is 1. The van der Waals surface area contributed by atoms with Crippen LogP contribution in [0.4, 0.5) is 0 Å². The summed E-state index contributed by atoms with van der Waals surface area (Å²) in [5.74, 6) is 0. The van der Waals surface area contributed by atoms with Gasteiger partial charge in [-0.1, -0.05) is 6.08 Å². The maximum absolute atomic E-state index is 3.81. The summed E-state index contributed by atoms with van der Waals surface area (Å²) in [4.78, 5) is 2.50. The monoisotopic (exact) mass is 182 g/mol. The van der Waals surface area contributed by atoms with Crippen molar-refractivity contribution in [2.75, 3.05) is 19.6 Å². The minimum Gasteiger partial charge on any atom is -0.313 e. The molecule has 2 nitrogen and oxygen atoms in total. The largest absolute Gasteiger partial charge is 0.313 e. The lowest BCUT2D eigenvalue weighted by Crippen LogP contribution is -2.45. The van der Waals surface area contributed by atoms with Gasteiger partial charge in [-0.05, 0) is 33.7 Å². The Labute approximate surface area is 82.0 Å². The van der Waals surface area contributed by atoms with Crippen LogP contribution in [0.15, 0.2) is 12.7 Å². The van der Waals surface area contributed by atoms with Gasteiger partial charge >= 0.3 is 0 Å². The zero-order valence-corrected chi connectivity index (χ0v) is 9.14. The minimum atomic E-state index is 0.311. The average Bonchev–Trinajstić information content (AvgIpc) is 2.13. The van der Waals surface area contributed by atoms with Gasteiger partial charge in [-0.2, -0.15) is 0 Å². The zero-order chi connectivity index (χ0) is 9.90. The van der Waals surface area contributed by atoms with Crippen molar-refractivity contribution in [3.8, 4) is 0 Å². The summed E-state index contributed by atoms with van der Waals surface area (Å²) in [6.45, 7) is 13.9. The molecule has 0 aromatic rings. The van der Waals surface area contributed by atoms with Crippen LogP contribution in [-0.2, 0) is 0 Å². The molecule has 0 radical (unpaired) electrons. The molecule has 2 heteroatoms. The Kier molecular flexibility index (Phi) is 3.51. The van der Waals surface area contributed by atoms with Crippen LogP contribution in [0.1, 0.15) is 27.2 Å². The van der Waals surface area contributed by atoms with E-state index in [0.717, 1.165) is 19.6 Å². The fourth-order valence-electron chi connectivity index (χ4n) is 1.90. The SMILES string of the molecule is C=CCN1CC(C)NCCC1(C)C. The second-order valence-electron chi connectivity index (χ2n) is 4.61. The maximum atomic E-state index is 3.81. The molecule has 0 saturated carbocycles. The average molecular weight is 182 g/mol. The van der Waals surface area contributed by atoms with Gasteiger partial charge in [0.25, 0.3) is 0 Å². The highest BCUT2D eigenvalue weighted by atomic mass is 15.2. The Morgan fingerprint density at radius 3 is 2.92 bits per heavy atom. The maximum Gasteiger partial charge on any atom is 0.0169 e. The van der Waals surface area contributed by atoms with Crippen LogP contribution >= 0.6 is 0 Å². The van der Waals surface area contributed by atoms with E-state index in [9.17, 15) is 0 Å². The van der Waals surface area contributed by atoms with E-state index in [1.165, 1.54) is 6.42 Å². The van der Waals surface area contributed by atoms with Crippen LogP contribution in [0.25, 0.3) is 0 Å².